The number of hydrogen-bond donors (Lipinski definition) is 1. The molecule has 130 valence electrons. The van der Waals surface area contributed by atoms with Crippen molar-refractivity contribution in [3.05, 3.63) is 41.8 Å². The number of oxazole rings is 1. The van der Waals surface area contributed by atoms with Crippen molar-refractivity contribution in [1.29, 1.82) is 0 Å². The largest absolute Gasteiger partial charge is 0.441 e. The van der Waals surface area contributed by atoms with Crippen molar-refractivity contribution < 1.29 is 13.4 Å². The minimum atomic E-state index is -1.32. The minimum absolute atomic E-state index is 0.0274. The third-order valence-electron chi connectivity index (χ3n) is 3.38. The summed E-state index contributed by atoms with van der Waals surface area (Å²) in [6, 6.07) is 9.55. The van der Waals surface area contributed by atoms with Crippen LogP contribution in [0.25, 0.3) is 11.5 Å². The van der Waals surface area contributed by atoms with Crippen molar-refractivity contribution in [3.63, 3.8) is 0 Å². The molecule has 0 bridgehead atoms. The van der Waals surface area contributed by atoms with Gasteiger partial charge in [-0.2, -0.15) is 0 Å². The first-order valence-corrected chi connectivity index (χ1v) is 9.22. The maximum absolute atomic E-state index is 12.2. The van der Waals surface area contributed by atoms with E-state index in [1.54, 1.807) is 6.92 Å². The molecule has 0 saturated carbocycles. The van der Waals surface area contributed by atoms with E-state index in [2.05, 4.69) is 10.3 Å². The summed E-state index contributed by atoms with van der Waals surface area (Å²) in [6.07, 6.45) is 0. The van der Waals surface area contributed by atoms with Crippen molar-refractivity contribution in [1.82, 2.24) is 15.2 Å². The molecular formula is C17H23N3O3S. The van der Waals surface area contributed by atoms with Gasteiger partial charge in [-0.05, 0) is 33.2 Å². The topological polar surface area (TPSA) is 75.4 Å². The molecule has 1 aromatic heterocycles. The van der Waals surface area contributed by atoms with E-state index in [1.165, 1.54) is 0 Å². The Morgan fingerprint density at radius 2 is 2.00 bits per heavy atom. The predicted octanol–water partition coefficient (Wildman–Crippen LogP) is 1.58. The molecule has 2 rings (SSSR count). The Morgan fingerprint density at radius 1 is 1.29 bits per heavy atom. The molecule has 0 aliphatic carbocycles. The Bertz CT molecular complexity index is 698. The average Bonchev–Trinajstić information content (AvgIpc) is 2.88. The first-order chi connectivity index (χ1) is 11.5. The molecule has 2 aromatic rings. The van der Waals surface area contributed by atoms with Crippen LogP contribution in [0.5, 0.6) is 0 Å². The van der Waals surface area contributed by atoms with Gasteiger partial charge < -0.3 is 14.6 Å². The second-order valence-corrected chi connectivity index (χ2v) is 7.23. The fourth-order valence-corrected chi connectivity index (χ4v) is 3.16. The highest BCUT2D eigenvalue weighted by atomic mass is 32.2. The number of benzene rings is 1. The van der Waals surface area contributed by atoms with Crippen LogP contribution in [0.1, 0.15) is 11.5 Å². The highest BCUT2D eigenvalue weighted by Gasteiger charge is 2.15. The number of aromatic nitrogens is 1. The van der Waals surface area contributed by atoms with Crippen LogP contribution >= 0.6 is 0 Å². The van der Waals surface area contributed by atoms with Crippen LogP contribution in [0, 0.1) is 6.92 Å². The van der Waals surface area contributed by atoms with Crippen LogP contribution in [0.4, 0.5) is 0 Å². The van der Waals surface area contributed by atoms with Crippen molar-refractivity contribution in [2.75, 3.05) is 32.9 Å². The summed E-state index contributed by atoms with van der Waals surface area (Å²) in [6.45, 7) is 3.09. The fourth-order valence-electron chi connectivity index (χ4n) is 2.09. The molecule has 1 N–H and O–H groups in total. The zero-order valence-electron chi connectivity index (χ0n) is 14.2. The van der Waals surface area contributed by atoms with E-state index in [1.807, 2.05) is 49.3 Å². The quantitative estimate of drug-likeness (QED) is 0.783. The average molecular weight is 349 g/mol. The van der Waals surface area contributed by atoms with Crippen LogP contribution in [0.2, 0.25) is 0 Å². The number of aryl methyl sites for hydroxylation is 1. The first-order valence-electron chi connectivity index (χ1n) is 7.74. The smallest absolute Gasteiger partial charge is 0.232 e. The van der Waals surface area contributed by atoms with Gasteiger partial charge in [0.1, 0.15) is 11.5 Å². The molecule has 1 heterocycles. The summed E-state index contributed by atoms with van der Waals surface area (Å²) < 4.78 is 17.8. The first kappa shape index (κ1) is 18.4. The van der Waals surface area contributed by atoms with Crippen LogP contribution in [0.15, 0.2) is 34.7 Å². The van der Waals surface area contributed by atoms with Gasteiger partial charge in [-0.3, -0.25) is 9.00 Å². The van der Waals surface area contributed by atoms with Crippen molar-refractivity contribution >= 4 is 16.7 Å². The Kier molecular flexibility index (Phi) is 6.69. The van der Waals surface area contributed by atoms with E-state index >= 15 is 0 Å². The molecule has 0 spiro atoms. The van der Waals surface area contributed by atoms with Gasteiger partial charge >= 0.3 is 0 Å². The zero-order valence-corrected chi connectivity index (χ0v) is 15.1. The molecule has 0 saturated heterocycles. The number of carbonyl (C=O) groups is 1. The highest BCUT2D eigenvalue weighted by Crippen LogP contribution is 2.22. The second kappa shape index (κ2) is 8.75. The van der Waals surface area contributed by atoms with Crippen LogP contribution in [0.3, 0.4) is 0 Å². The summed E-state index contributed by atoms with van der Waals surface area (Å²) in [5.74, 6) is 1.12. The Balaban J connectivity index is 1.90. The van der Waals surface area contributed by atoms with Gasteiger partial charge in [0.15, 0.2) is 0 Å². The second-order valence-electron chi connectivity index (χ2n) is 5.77. The lowest BCUT2D eigenvalue weighted by molar-refractivity contribution is -0.118. The van der Waals surface area contributed by atoms with Crippen molar-refractivity contribution in [3.8, 4) is 11.5 Å². The van der Waals surface area contributed by atoms with Gasteiger partial charge in [0.25, 0.3) is 0 Å². The number of nitrogens with one attached hydrogen (secondary N) is 1. The highest BCUT2D eigenvalue weighted by molar-refractivity contribution is 7.84. The molecule has 0 unspecified atom stereocenters. The van der Waals surface area contributed by atoms with E-state index in [0.717, 1.165) is 12.1 Å². The number of hydrogen-bond acceptors (Lipinski definition) is 5. The Labute approximate surface area is 144 Å². The van der Waals surface area contributed by atoms with Gasteiger partial charge in [0, 0.05) is 29.5 Å². The summed E-state index contributed by atoms with van der Waals surface area (Å²) in [5.41, 5.74) is 1.51. The molecule has 0 aliphatic rings. The molecule has 0 radical (unpaired) electrons. The lowest BCUT2D eigenvalue weighted by atomic mass is 10.2. The van der Waals surface area contributed by atoms with E-state index < -0.39 is 10.8 Å². The summed E-state index contributed by atoms with van der Waals surface area (Å²) >= 11 is 0. The van der Waals surface area contributed by atoms with E-state index in [9.17, 15) is 9.00 Å². The number of likely N-dealkylation sites (N-methyl/N-ethyl adjacent to an activating group) is 1. The fraction of sp³-hybridized carbons (Fsp3) is 0.412. The predicted molar refractivity (Wildman–Crippen MR) is 95.0 cm³/mol. The van der Waals surface area contributed by atoms with Gasteiger partial charge in [-0.25, -0.2) is 4.98 Å². The van der Waals surface area contributed by atoms with E-state index in [-0.39, 0.29) is 17.4 Å². The molecule has 6 nitrogen and oxygen atoms in total. The van der Waals surface area contributed by atoms with E-state index in [0.29, 0.717) is 23.9 Å². The number of rotatable bonds is 8. The van der Waals surface area contributed by atoms with Gasteiger partial charge in [-0.1, -0.05) is 18.2 Å². The third-order valence-corrected chi connectivity index (χ3v) is 4.56. The van der Waals surface area contributed by atoms with Crippen LogP contribution < -0.4 is 5.32 Å². The molecular weight excluding hydrogens is 326 g/mol. The molecule has 1 amide bonds. The molecule has 1 atom stereocenters. The molecule has 0 aliphatic heterocycles. The summed E-state index contributed by atoms with van der Waals surface area (Å²) in [4.78, 5) is 18.2. The zero-order chi connectivity index (χ0) is 17.5. The maximum Gasteiger partial charge on any atom is 0.232 e. The van der Waals surface area contributed by atoms with Gasteiger partial charge in [0.2, 0.25) is 11.8 Å². The van der Waals surface area contributed by atoms with Gasteiger partial charge in [0.05, 0.1) is 11.4 Å². The number of nitrogens with zero attached hydrogens (tertiary/aromatic N) is 2. The molecule has 7 heteroatoms. The Morgan fingerprint density at radius 3 is 2.67 bits per heavy atom. The number of amides is 1. The standard InChI is InChI=1S/C17H23N3O3S/c1-13-15(19-17(23-13)14-7-5-4-6-8-14)11-24(22)12-16(21)18-9-10-20(2)3/h4-8H,9-12H2,1-3H3,(H,18,21)/t24-/m1/s1. The lowest BCUT2D eigenvalue weighted by Gasteiger charge is -2.10. The Hall–Kier alpha value is -1.99. The third kappa shape index (κ3) is 5.58. The summed E-state index contributed by atoms with van der Waals surface area (Å²) in [5, 5.41) is 2.76. The maximum atomic E-state index is 12.2. The summed E-state index contributed by atoms with van der Waals surface area (Å²) in [7, 11) is 2.55. The number of carbonyl (C=O) groups excluding carboxylic acids is 1. The molecule has 24 heavy (non-hydrogen) atoms. The van der Waals surface area contributed by atoms with Crippen molar-refractivity contribution in [2.24, 2.45) is 0 Å². The SMILES string of the molecule is Cc1oc(-c2ccccc2)nc1C[S@@](=O)CC(=O)NCCN(C)C. The molecule has 1 aromatic carbocycles. The van der Waals surface area contributed by atoms with Crippen LogP contribution in [-0.2, 0) is 21.3 Å². The minimum Gasteiger partial charge on any atom is -0.441 e. The lowest BCUT2D eigenvalue weighted by Crippen LogP contribution is -2.34. The monoisotopic (exact) mass is 349 g/mol. The van der Waals surface area contributed by atoms with Gasteiger partial charge in [-0.15, -0.1) is 0 Å². The molecule has 0 fully saturated rings. The van der Waals surface area contributed by atoms with Crippen molar-refractivity contribution in [2.45, 2.75) is 12.7 Å². The normalized spacial score (nSPS) is 12.3. The van der Waals surface area contributed by atoms with Crippen LogP contribution in [-0.4, -0.2) is 52.9 Å². The van der Waals surface area contributed by atoms with E-state index in [4.69, 9.17) is 4.42 Å².